The van der Waals surface area contributed by atoms with Gasteiger partial charge in [-0.2, -0.15) is 0 Å². The highest BCUT2D eigenvalue weighted by atomic mass is 16.5. The molecule has 5 N–H and O–H groups in total. The summed E-state index contributed by atoms with van der Waals surface area (Å²) in [5.41, 5.74) is 2.17. The number of aromatic nitrogens is 1. The zero-order chi connectivity index (χ0) is 27.8. The van der Waals surface area contributed by atoms with Crippen LogP contribution in [0.4, 0.5) is 0 Å². The molecular formula is C30H35NO7. The first kappa shape index (κ1) is 27.1. The molecule has 8 nitrogen and oxygen atoms in total. The molecule has 0 bridgehead atoms. The van der Waals surface area contributed by atoms with Crippen LogP contribution in [-0.2, 0) is 6.42 Å². The van der Waals surface area contributed by atoms with Crippen LogP contribution in [0.1, 0.15) is 69.3 Å². The summed E-state index contributed by atoms with van der Waals surface area (Å²) in [5, 5.41) is 53.1. The van der Waals surface area contributed by atoms with Crippen molar-refractivity contribution >= 4 is 16.7 Å². The second-order valence-electron chi connectivity index (χ2n) is 10.5. The molecule has 0 saturated carbocycles. The van der Waals surface area contributed by atoms with Crippen LogP contribution in [0.25, 0.3) is 16.5 Å². The third kappa shape index (κ3) is 5.22. The number of aromatic hydroxyl groups is 3. The molecular weight excluding hydrogens is 486 g/mol. The Morgan fingerprint density at radius 3 is 2.47 bits per heavy atom. The molecule has 2 heterocycles. The fourth-order valence-corrected chi connectivity index (χ4v) is 4.92. The number of phenolic OH excluding ortho intramolecular Hbond substituents is 2. The minimum Gasteiger partial charge on any atom is -0.508 e. The Morgan fingerprint density at radius 1 is 1.08 bits per heavy atom. The topological polar surface area (TPSA) is 132 Å². The number of carboxylic acid groups (broad SMARTS) is 1. The van der Waals surface area contributed by atoms with E-state index in [1.165, 1.54) is 33.9 Å². The highest BCUT2D eigenvalue weighted by Gasteiger charge is 2.41. The second kappa shape index (κ2) is 10.5. The average molecular weight is 522 g/mol. The van der Waals surface area contributed by atoms with E-state index in [-0.39, 0.29) is 35.1 Å². The SMILES string of the molecule is CC(C)=CCCC(C)=CCC[C@]1(C)Oc2c(c(O)cc3c(O)n(-c4ccc(C(=O)O)cc4O)cc23)C[C@@H]1O. The van der Waals surface area contributed by atoms with Gasteiger partial charge in [0, 0.05) is 23.6 Å². The summed E-state index contributed by atoms with van der Waals surface area (Å²) in [5.74, 6) is -1.50. The van der Waals surface area contributed by atoms with Gasteiger partial charge in [-0.15, -0.1) is 0 Å². The molecule has 2 atom stereocenters. The van der Waals surface area contributed by atoms with Crippen LogP contribution in [0.15, 0.2) is 53.8 Å². The lowest BCUT2D eigenvalue weighted by Crippen LogP contribution is -2.48. The third-order valence-electron chi connectivity index (χ3n) is 7.27. The number of phenols is 2. The van der Waals surface area contributed by atoms with Gasteiger partial charge in [-0.3, -0.25) is 4.57 Å². The number of allylic oxidation sites excluding steroid dienone is 4. The van der Waals surface area contributed by atoms with Crippen LogP contribution in [0.2, 0.25) is 0 Å². The molecule has 8 heteroatoms. The summed E-state index contributed by atoms with van der Waals surface area (Å²) >= 11 is 0. The normalized spacial score (nSPS) is 19.2. The number of hydrogen-bond donors (Lipinski definition) is 5. The van der Waals surface area contributed by atoms with Crippen molar-refractivity contribution in [2.75, 3.05) is 0 Å². The molecule has 1 aliphatic rings. The smallest absolute Gasteiger partial charge is 0.335 e. The van der Waals surface area contributed by atoms with Gasteiger partial charge in [0.25, 0.3) is 0 Å². The number of aromatic carboxylic acids is 1. The lowest BCUT2D eigenvalue weighted by atomic mass is 9.84. The predicted molar refractivity (Wildman–Crippen MR) is 146 cm³/mol. The number of rotatable bonds is 8. The molecule has 3 aromatic rings. The number of carbonyl (C=O) groups is 1. The number of aliphatic hydroxyl groups is 1. The molecule has 4 rings (SSSR count). The van der Waals surface area contributed by atoms with E-state index in [1.807, 2.05) is 6.92 Å². The molecule has 1 aromatic heterocycles. The summed E-state index contributed by atoms with van der Waals surface area (Å²) in [7, 11) is 0. The first-order valence-electron chi connectivity index (χ1n) is 12.7. The first-order valence-corrected chi connectivity index (χ1v) is 12.7. The molecule has 0 spiro atoms. The molecule has 38 heavy (non-hydrogen) atoms. The highest BCUT2D eigenvalue weighted by molar-refractivity contribution is 5.97. The van der Waals surface area contributed by atoms with Gasteiger partial charge in [0.1, 0.15) is 22.8 Å². The largest absolute Gasteiger partial charge is 0.508 e. The number of fused-ring (bicyclic) bond motifs is 3. The maximum atomic E-state index is 11.2. The molecule has 1 aliphatic heterocycles. The first-order chi connectivity index (χ1) is 17.9. The molecule has 202 valence electrons. The Kier molecular flexibility index (Phi) is 7.47. The van der Waals surface area contributed by atoms with Gasteiger partial charge < -0.3 is 30.3 Å². The van der Waals surface area contributed by atoms with E-state index in [9.17, 15) is 30.3 Å². The van der Waals surface area contributed by atoms with Gasteiger partial charge in [-0.05, 0) is 77.6 Å². The Morgan fingerprint density at radius 2 is 1.82 bits per heavy atom. The zero-order valence-electron chi connectivity index (χ0n) is 22.2. The van der Waals surface area contributed by atoms with E-state index in [0.29, 0.717) is 34.9 Å². The maximum absolute atomic E-state index is 11.2. The van der Waals surface area contributed by atoms with Gasteiger partial charge in [0.05, 0.1) is 22.7 Å². The summed E-state index contributed by atoms with van der Waals surface area (Å²) in [6.07, 6.45) is 8.50. The molecule has 2 aromatic carbocycles. The monoisotopic (exact) mass is 521 g/mol. The number of benzene rings is 2. The van der Waals surface area contributed by atoms with Crippen LogP contribution in [0, 0.1) is 0 Å². The van der Waals surface area contributed by atoms with Crippen LogP contribution < -0.4 is 4.74 Å². The third-order valence-corrected chi connectivity index (χ3v) is 7.27. The quantitative estimate of drug-likeness (QED) is 0.231. The average Bonchev–Trinajstić information content (AvgIpc) is 3.16. The van der Waals surface area contributed by atoms with Crippen molar-refractivity contribution in [3.63, 3.8) is 0 Å². The van der Waals surface area contributed by atoms with E-state index in [0.717, 1.165) is 18.9 Å². The summed E-state index contributed by atoms with van der Waals surface area (Å²) in [6, 6.07) is 5.23. The minimum atomic E-state index is -1.18. The minimum absolute atomic E-state index is 0.0909. The Hall–Kier alpha value is -3.91. The molecule has 0 saturated heterocycles. The van der Waals surface area contributed by atoms with Gasteiger partial charge in [-0.1, -0.05) is 23.3 Å². The Labute approximate surface area is 221 Å². The van der Waals surface area contributed by atoms with E-state index in [1.54, 1.807) is 6.20 Å². The Balaban J connectivity index is 1.66. The fraction of sp³-hybridized carbons (Fsp3) is 0.367. The van der Waals surface area contributed by atoms with Crippen molar-refractivity contribution < 1.29 is 35.1 Å². The van der Waals surface area contributed by atoms with E-state index in [4.69, 9.17) is 4.74 Å². The van der Waals surface area contributed by atoms with Crippen LogP contribution >= 0.6 is 0 Å². The van der Waals surface area contributed by atoms with Crippen LogP contribution in [0.5, 0.6) is 23.1 Å². The predicted octanol–water partition coefficient (Wildman–Crippen LogP) is 5.97. The van der Waals surface area contributed by atoms with Crippen molar-refractivity contribution in [1.29, 1.82) is 0 Å². The van der Waals surface area contributed by atoms with E-state index < -0.39 is 17.7 Å². The van der Waals surface area contributed by atoms with Crippen LogP contribution in [-0.4, -0.2) is 47.8 Å². The van der Waals surface area contributed by atoms with Crippen molar-refractivity contribution in [1.82, 2.24) is 4.57 Å². The molecule has 0 fully saturated rings. The standard InChI is InChI=1S/C30H35NO7/c1-17(2)7-5-8-18(3)9-6-12-30(4)26(34)15-21-24(32)14-20-22(27(21)38-30)16-31(28(20)35)23-11-10-19(29(36)37)13-25(23)33/h7,9-11,13-14,16,26,32-35H,5-6,8,12,15H2,1-4H3,(H,36,37)/t26-,30-/m0/s1. The number of hydrogen-bond acceptors (Lipinski definition) is 6. The molecule has 0 aliphatic carbocycles. The van der Waals surface area contributed by atoms with Crippen molar-refractivity contribution in [3.05, 3.63) is 64.9 Å². The number of carboxylic acids is 1. The zero-order valence-corrected chi connectivity index (χ0v) is 22.2. The second-order valence-corrected chi connectivity index (χ2v) is 10.5. The van der Waals surface area contributed by atoms with Crippen molar-refractivity contribution in [2.45, 2.75) is 71.5 Å². The fourth-order valence-electron chi connectivity index (χ4n) is 4.92. The lowest BCUT2D eigenvalue weighted by Gasteiger charge is -2.40. The summed E-state index contributed by atoms with van der Waals surface area (Å²) in [6.45, 7) is 8.11. The van der Waals surface area contributed by atoms with Crippen LogP contribution in [0.3, 0.4) is 0 Å². The number of ether oxygens (including phenoxy) is 1. The van der Waals surface area contributed by atoms with Crippen molar-refractivity contribution in [3.8, 4) is 28.8 Å². The molecule has 0 unspecified atom stereocenters. The van der Waals surface area contributed by atoms with Gasteiger partial charge >= 0.3 is 5.97 Å². The van der Waals surface area contributed by atoms with E-state index in [2.05, 4.69) is 32.9 Å². The van der Waals surface area contributed by atoms with Gasteiger partial charge in [-0.25, -0.2) is 4.79 Å². The highest BCUT2D eigenvalue weighted by Crippen LogP contribution is 2.48. The molecule has 0 amide bonds. The Bertz CT molecular complexity index is 1440. The lowest BCUT2D eigenvalue weighted by molar-refractivity contribution is -0.0581. The van der Waals surface area contributed by atoms with Gasteiger partial charge in [0.15, 0.2) is 0 Å². The number of aliphatic hydroxyl groups excluding tert-OH is 1. The van der Waals surface area contributed by atoms with E-state index >= 15 is 0 Å². The summed E-state index contributed by atoms with van der Waals surface area (Å²) < 4.78 is 7.71. The van der Waals surface area contributed by atoms with Gasteiger partial charge in [0.2, 0.25) is 5.88 Å². The summed E-state index contributed by atoms with van der Waals surface area (Å²) in [4.78, 5) is 11.2. The number of nitrogens with zero attached hydrogens (tertiary/aromatic N) is 1. The maximum Gasteiger partial charge on any atom is 0.335 e. The molecule has 0 radical (unpaired) electrons. The van der Waals surface area contributed by atoms with Crippen molar-refractivity contribution in [2.24, 2.45) is 0 Å².